The van der Waals surface area contributed by atoms with Crippen molar-refractivity contribution in [2.45, 2.75) is 43.5 Å². The maximum Gasteiger partial charge on any atom is 0.304 e. The van der Waals surface area contributed by atoms with Gasteiger partial charge >= 0.3 is 5.92 Å². The highest BCUT2D eigenvalue weighted by Crippen LogP contribution is 2.31. The summed E-state index contributed by atoms with van der Waals surface area (Å²) in [5.74, 6) is -4.02. The normalized spacial score (nSPS) is 15.7. The van der Waals surface area contributed by atoms with Crippen LogP contribution in [0, 0.1) is 19.7 Å². The molecule has 1 aliphatic heterocycles. The maximum atomic E-state index is 14.8. The number of alkyl halides is 2. The van der Waals surface area contributed by atoms with Crippen LogP contribution in [-0.2, 0) is 15.9 Å². The molecule has 0 spiro atoms. The largest absolute Gasteiger partial charge is 0.367 e. The molecule has 1 N–H and O–H groups in total. The van der Waals surface area contributed by atoms with Crippen LogP contribution in [0.25, 0.3) is 11.0 Å². The Bertz CT molecular complexity index is 1570. The minimum absolute atomic E-state index is 0.0890. The van der Waals surface area contributed by atoms with Crippen molar-refractivity contribution in [1.29, 1.82) is 0 Å². The molecule has 1 fully saturated rings. The van der Waals surface area contributed by atoms with Crippen molar-refractivity contribution >= 4 is 26.9 Å². The number of rotatable bonds is 7. The van der Waals surface area contributed by atoms with E-state index in [4.69, 9.17) is 0 Å². The third-order valence-corrected chi connectivity index (χ3v) is 8.15. The monoisotopic (exact) mass is 545 g/mol. The van der Waals surface area contributed by atoms with E-state index in [0.29, 0.717) is 42.7 Å². The summed E-state index contributed by atoms with van der Waals surface area (Å²) in [5, 5.41) is 7.78. The Balaban J connectivity index is 1.27. The smallest absolute Gasteiger partial charge is 0.304 e. The van der Waals surface area contributed by atoms with Crippen LogP contribution in [-0.4, -0.2) is 63.1 Å². The molecule has 0 saturated carbocycles. The van der Waals surface area contributed by atoms with Crippen molar-refractivity contribution in [3.63, 3.8) is 0 Å². The van der Waals surface area contributed by atoms with E-state index in [0.717, 1.165) is 15.7 Å². The number of nitrogens with zero attached hydrogens (tertiary/aromatic N) is 6. The van der Waals surface area contributed by atoms with Crippen molar-refractivity contribution in [3.05, 3.63) is 71.7 Å². The van der Waals surface area contributed by atoms with E-state index < -0.39 is 34.0 Å². The maximum absolute atomic E-state index is 14.8. The molecule has 0 unspecified atom stereocenters. The first kappa shape index (κ1) is 26.0. The number of piperidine rings is 1. The summed E-state index contributed by atoms with van der Waals surface area (Å²) in [6.45, 7) is 3.54. The molecule has 1 aromatic carbocycles. The highest BCUT2D eigenvalue weighted by molar-refractivity contribution is 7.90. The number of fused-ring (bicyclic) bond motifs is 1. The number of aryl methyl sites for hydroxylation is 2. The predicted octanol–water partition coefficient (Wildman–Crippen LogP) is 3.88. The number of likely N-dealkylation sites (tertiary alicyclic amines) is 1. The number of aromatic nitrogens is 5. The number of benzene rings is 1. The van der Waals surface area contributed by atoms with E-state index in [1.807, 2.05) is 6.92 Å². The lowest BCUT2D eigenvalue weighted by Gasteiger charge is -2.34. The molecule has 3 aromatic heterocycles. The van der Waals surface area contributed by atoms with Crippen LogP contribution < -0.4 is 5.32 Å². The first-order valence-corrected chi connectivity index (χ1v) is 13.5. The Labute approximate surface area is 217 Å². The fourth-order valence-electron chi connectivity index (χ4n) is 4.51. The molecular formula is C25H26F3N7O2S. The van der Waals surface area contributed by atoms with Gasteiger partial charge in [-0.3, -0.25) is 9.88 Å². The Morgan fingerprint density at radius 3 is 2.42 bits per heavy atom. The molecule has 0 amide bonds. The van der Waals surface area contributed by atoms with Gasteiger partial charge in [0.15, 0.2) is 11.5 Å². The van der Waals surface area contributed by atoms with Crippen LogP contribution in [0.4, 0.5) is 19.0 Å². The molecule has 9 nitrogen and oxygen atoms in total. The second-order valence-electron chi connectivity index (χ2n) is 9.51. The van der Waals surface area contributed by atoms with Gasteiger partial charge < -0.3 is 5.32 Å². The van der Waals surface area contributed by atoms with E-state index >= 15 is 0 Å². The van der Waals surface area contributed by atoms with Gasteiger partial charge in [0.2, 0.25) is 0 Å². The Hall–Kier alpha value is -3.58. The highest BCUT2D eigenvalue weighted by Gasteiger charge is 2.39. The van der Waals surface area contributed by atoms with Gasteiger partial charge in [0.25, 0.3) is 10.0 Å². The van der Waals surface area contributed by atoms with Crippen molar-refractivity contribution in [1.82, 2.24) is 29.0 Å². The molecule has 0 radical (unpaired) electrons. The van der Waals surface area contributed by atoms with Crippen molar-refractivity contribution in [2.75, 3.05) is 25.0 Å². The summed E-state index contributed by atoms with van der Waals surface area (Å²) >= 11 is 0. The van der Waals surface area contributed by atoms with Gasteiger partial charge in [0, 0.05) is 25.3 Å². The molecular weight excluding hydrogens is 519 g/mol. The van der Waals surface area contributed by atoms with E-state index in [1.165, 1.54) is 30.9 Å². The molecule has 5 rings (SSSR count). The van der Waals surface area contributed by atoms with Crippen LogP contribution >= 0.6 is 0 Å². The first-order chi connectivity index (χ1) is 18.0. The zero-order valence-corrected chi connectivity index (χ0v) is 21.6. The number of pyridine rings is 1. The Morgan fingerprint density at radius 1 is 1.03 bits per heavy atom. The van der Waals surface area contributed by atoms with Gasteiger partial charge in [0.1, 0.15) is 17.8 Å². The Kier molecular flexibility index (Phi) is 6.82. The number of hydrogen-bond donors (Lipinski definition) is 1. The molecule has 1 aliphatic rings. The van der Waals surface area contributed by atoms with Crippen molar-refractivity contribution in [2.24, 2.45) is 0 Å². The number of hydrogen-bond acceptors (Lipinski definition) is 8. The fourth-order valence-corrected chi connectivity index (χ4v) is 5.73. The fraction of sp³-hybridized carbons (Fsp3) is 0.360. The summed E-state index contributed by atoms with van der Waals surface area (Å²) in [4.78, 5) is 13.7. The summed E-state index contributed by atoms with van der Waals surface area (Å²) < 4.78 is 70.8. The van der Waals surface area contributed by atoms with Gasteiger partial charge in [-0.1, -0.05) is 17.7 Å². The summed E-state index contributed by atoms with van der Waals surface area (Å²) in [5.41, 5.74) is 0.694. The zero-order valence-electron chi connectivity index (χ0n) is 20.8. The lowest BCUT2D eigenvalue weighted by atomic mass is 10.0. The zero-order chi connectivity index (χ0) is 27.1. The molecule has 4 heterocycles. The van der Waals surface area contributed by atoms with E-state index in [9.17, 15) is 21.6 Å². The van der Waals surface area contributed by atoms with E-state index in [2.05, 4.69) is 25.4 Å². The summed E-state index contributed by atoms with van der Waals surface area (Å²) in [6, 6.07) is 7.40. The second kappa shape index (κ2) is 9.95. The van der Waals surface area contributed by atoms with Gasteiger partial charge in [-0.05, 0) is 50.5 Å². The molecule has 0 atom stereocenters. The number of halogens is 3. The SMILES string of the molecule is Cc1ccc(S(=O)(=O)n2ncc3c(NC4CCN(CC(F)(F)c5ncc(C)cc5F)CC4)ncnc32)cc1. The highest BCUT2D eigenvalue weighted by atomic mass is 32.2. The molecule has 4 aromatic rings. The molecule has 38 heavy (non-hydrogen) atoms. The molecule has 13 heteroatoms. The standard InChI is InChI=1S/C25H26F3N7O2S/c1-16-3-5-19(6-4-16)38(36,37)35-24-20(13-32-35)23(30-15-31-24)33-18-7-9-34(10-8-18)14-25(27,28)22-21(26)11-17(2)12-29-22/h3-6,11-13,15,18H,7-10,14H2,1-2H3,(H,30,31,33). The van der Waals surface area contributed by atoms with Crippen molar-refractivity contribution in [3.8, 4) is 0 Å². The van der Waals surface area contributed by atoms with Gasteiger partial charge in [-0.25, -0.2) is 14.4 Å². The lowest BCUT2D eigenvalue weighted by Crippen LogP contribution is -2.44. The second-order valence-corrected chi connectivity index (χ2v) is 11.3. The predicted molar refractivity (Wildman–Crippen MR) is 135 cm³/mol. The summed E-state index contributed by atoms with van der Waals surface area (Å²) in [7, 11) is -3.96. The molecule has 200 valence electrons. The van der Waals surface area contributed by atoms with Gasteiger partial charge in [-0.2, -0.15) is 22.3 Å². The lowest BCUT2D eigenvalue weighted by molar-refractivity contribution is -0.0486. The van der Waals surface area contributed by atoms with Crippen molar-refractivity contribution < 1.29 is 21.6 Å². The third-order valence-electron chi connectivity index (χ3n) is 6.56. The van der Waals surface area contributed by atoms with E-state index in [-0.39, 0.29) is 16.6 Å². The Morgan fingerprint density at radius 2 is 1.74 bits per heavy atom. The first-order valence-electron chi connectivity index (χ1n) is 12.0. The quantitative estimate of drug-likeness (QED) is 0.373. The van der Waals surface area contributed by atoms with Crippen LogP contribution in [0.3, 0.4) is 0 Å². The average molecular weight is 546 g/mol. The van der Waals surface area contributed by atoms with Crippen LogP contribution in [0.15, 0.2) is 53.9 Å². The van der Waals surface area contributed by atoms with Gasteiger partial charge in [-0.15, -0.1) is 4.09 Å². The molecule has 1 saturated heterocycles. The number of nitrogens with one attached hydrogen (secondary N) is 1. The summed E-state index contributed by atoms with van der Waals surface area (Å²) in [6.07, 6.45) is 4.94. The van der Waals surface area contributed by atoms with Crippen LogP contribution in [0.2, 0.25) is 0 Å². The molecule has 0 bridgehead atoms. The molecule has 0 aliphatic carbocycles. The third kappa shape index (κ3) is 5.07. The van der Waals surface area contributed by atoms with Crippen LogP contribution in [0.1, 0.15) is 29.7 Å². The van der Waals surface area contributed by atoms with Gasteiger partial charge in [0.05, 0.1) is 23.0 Å². The average Bonchev–Trinajstić information content (AvgIpc) is 3.31. The van der Waals surface area contributed by atoms with E-state index in [1.54, 1.807) is 24.0 Å². The minimum Gasteiger partial charge on any atom is -0.367 e. The van der Waals surface area contributed by atoms with Crippen LogP contribution in [0.5, 0.6) is 0 Å². The topological polar surface area (TPSA) is 106 Å². The minimum atomic E-state index is -3.96. The number of anilines is 1.